The van der Waals surface area contributed by atoms with Gasteiger partial charge in [0.1, 0.15) is 0 Å². The Morgan fingerprint density at radius 1 is 0.742 bits per heavy atom. The summed E-state index contributed by atoms with van der Waals surface area (Å²) in [5.74, 6) is 0. The molecule has 4 aromatic rings. The van der Waals surface area contributed by atoms with Gasteiger partial charge in [-0.1, -0.05) is 71.8 Å². The summed E-state index contributed by atoms with van der Waals surface area (Å²) in [6, 6.07) is 27.4. The number of aryl methyl sites for hydroxylation is 2. The molecular formula is C26H22O3S2. The molecule has 0 saturated heterocycles. The second-order valence-electron chi connectivity index (χ2n) is 7.48. The maximum atomic E-state index is 13.5. The number of sulfone groups is 1. The summed E-state index contributed by atoms with van der Waals surface area (Å²) in [5, 5.41) is 3.14. The molecule has 0 bridgehead atoms. The van der Waals surface area contributed by atoms with Crippen LogP contribution in [0.5, 0.6) is 0 Å². The van der Waals surface area contributed by atoms with Crippen molar-refractivity contribution in [3.8, 4) is 0 Å². The Hall–Kier alpha value is -3.02. The largest absolute Gasteiger partial charge is 0.249 e. The van der Waals surface area contributed by atoms with Gasteiger partial charge >= 0.3 is 0 Å². The smallest absolute Gasteiger partial charge is 0.201 e. The number of hydrogen-bond acceptors (Lipinski definition) is 3. The quantitative estimate of drug-likeness (QED) is 0.376. The molecule has 0 aliphatic carbocycles. The van der Waals surface area contributed by atoms with Crippen LogP contribution in [0.4, 0.5) is 0 Å². The Labute approximate surface area is 185 Å². The molecule has 0 saturated carbocycles. The molecule has 4 aromatic carbocycles. The first-order chi connectivity index (χ1) is 14.8. The van der Waals surface area contributed by atoms with Crippen LogP contribution in [0.2, 0.25) is 0 Å². The molecule has 0 amide bonds. The van der Waals surface area contributed by atoms with Gasteiger partial charge in [-0.15, -0.1) is 0 Å². The zero-order valence-corrected chi connectivity index (χ0v) is 18.9. The van der Waals surface area contributed by atoms with E-state index in [1.165, 1.54) is 0 Å². The molecule has 5 heteroatoms. The Morgan fingerprint density at radius 3 is 1.97 bits per heavy atom. The fourth-order valence-electron chi connectivity index (χ4n) is 3.29. The zero-order valence-electron chi connectivity index (χ0n) is 17.3. The van der Waals surface area contributed by atoms with Gasteiger partial charge in [0.05, 0.1) is 26.0 Å². The second kappa shape index (κ2) is 8.61. The van der Waals surface area contributed by atoms with E-state index in [4.69, 9.17) is 0 Å². The molecule has 1 atom stereocenters. The topological polar surface area (TPSA) is 51.2 Å². The molecule has 0 aliphatic heterocycles. The predicted octanol–water partition coefficient (Wildman–Crippen LogP) is 6.04. The van der Waals surface area contributed by atoms with E-state index >= 15 is 0 Å². The van der Waals surface area contributed by atoms with E-state index in [9.17, 15) is 12.6 Å². The molecular weight excluding hydrogens is 424 g/mol. The second-order valence-corrected chi connectivity index (χ2v) is 10.7. The summed E-state index contributed by atoms with van der Waals surface area (Å²) in [7, 11) is -5.46. The van der Waals surface area contributed by atoms with E-state index < -0.39 is 20.6 Å². The average molecular weight is 447 g/mol. The van der Waals surface area contributed by atoms with Crippen molar-refractivity contribution in [3.63, 3.8) is 0 Å². The molecule has 0 heterocycles. The molecule has 0 aliphatic rings. The zero-order chi connectivity index (χ0) is 22.0. The molecule has 31 heavy (non-hydrogen) atoms. The lowest BCUT2D eigenvalue weighted by Gasteiger charge is -2.11. The van der Waals surface area contributed by atoms with Gasteiger partial charge in [-0.05, 0) is 60.5 Å². The Morgan fingerprint density at radius 2 is 1.32 bits per heavy atom. The lowest BCUT2D eigenvalue weighted by Crippen LogP contribution is -2.03. The van der Waals surface area contributed by atoms with Gasteiger partial charge in [0, 0.05) is 4.90 Å². The van der Waals surface area contributed by atoms with Crippen LogP contribution in [-0.2, 0) is 20.6 Å². The molecule has 3 nitrogen and oxygen atoms in total. The van der Waals surface area contributed by atoms with Crippen LogP contribution >= 0.6 is 0 Å². The number of hydrogen-bond donors (Lipinski definition) is 0. The summed E-state index contributed by atoms with van der Waals surface area (Å²) >= 11 is 0. The number of rotatable bonds is 5. The fourth-order valence-corrected chi connectivity index (χ4v) is 6.06. The molecule has 0 aromatic heterocycles. The van der Waals surface area contributed by atoms with E-state index in [1.807, 2.05) is 68.4 Å². The maximum absolute atomic E-state index is 13.5. The van der Waals surface area contributed by atoms with Crippen molar-refractivity contribution >= 4 is 36.3 Å². The van der Waals surface area contributed by atoms with Crippen molar-refractivity contribution in [2.75, 3.05) is 0 Å². The first-order valence-corrected chi connectivity index (χ1v) is 12.5. The molecule has 0 N–H and O–H groups in total. The van der Waals surface area contributed by atoms with E-state index in [-0.39, 0.29) is 9.80 Å². The van der Waals surface area contributed by atoms with Gasteiger partial charge in [-0.2, -0.15) is 0 Å². The lowest BCUT2D eigenvalue weighted by atomic mass is 10.1. The highest BCUT2D eigenvalue weighted by Crippen LogP contribution is 2.30. The van der Waals surface area contributed by atoms with Gasteiger partial charge in [0.2, 0.25) is 9.84 Å². The minimum atomic E-state index is -3.79. The predicted molar refractivity (Wildman–Crippen MR) is 128 cm³/mol. The van der Waals surface area contributed by atoms with Crippen molar-refractivity contribution in [2.45, 2.75) is 23.6 Å². The van der Waals surface area contributed by atoms with Crippen LogP contribution in [-0.4, -0.2) is 12.6 Å². The minimum absolute atomic E-state index is 0.178. The molecule has 1 unspecified atom stereocenters. The van der Waals surface area contributed by atoms with Gasteiger partial charge in [-0.3, -0.25) is 0 Å². The summed E-state index contributed by atoms with van der Waals surface area (Å²) < 4.78 is 39.9. The highest BCUT2D eigenvalue weighted by Gasteiger charge is 2.20. The summed E-state index contributed by atoms with van der Waals surface area (Å²) in [4.78, 5) is 0.997. The molecule has 4 rings (SSSR count). The third kappa shape index (κ3) is 4.68. The SMILES string of the molecule is Cc1ccc(S(=O)C(=CS(=O)(=O)c2ccc(C)cc2)c2ccc3ccccc3c2)cc1. The lowest BCUT2D eigenvalue weighted by molar-refractivity contribution is 0.604. The third-order valence-corrected chi connectivity index (χ3v) is 8.16. The Kier molecular flexibility index (Phi) is 5.90. The molecule has 0 fully saturated rings. The van der Waals surface area contributed by atoms with Crippen LogP contribution in [0.3, 0.4) is 0 Å². The van der Waals surface area contributed by atoms with Crippen LogP contribution in [0.15, 0.2) is 106 Å². The third-order valence-electron chi connectivity index (χ3n) is 5.08. The standard InChI is InChI=1S/C26H22O3S2/c1-19-7-13-24(14-8-19)30(27)26(18-31(28,29)25-15-9-20(2)10-16-25)23-12-11-21-5-3-4-6-22(21)17-23/h3-18H,1-2H3. The first-order valence-electron chi connectivity index (χ1n) is 9.84. The van der Waals surface area contributed by atoms with Gasteiger partial charge in [0.25, 0.3) is 0 Å². The first kappa shape index (κ1) is 21.2. The average Bonchev–Trinajstić information content (AvgIpc) is 2.77. The van der Waals surface area contributed by atoms with Crippen LogP contribution < -0.4 is 0 Å². The van der Waals surface area contributed by atoms with Crippen molar-refractivity contribution < 1.29 is 12.6 Å². The van der Waals surface area contributed by atoms with E-state index in [0.717, 1.165) is 27.3 Å². The van der Waals surface area contributed by atoms with Crippen LogP contribution in [0, 0.1) is 13.8 Å². The van der Waals surface area contributed by atoms with Crippen LogP contribution in [0.1, 0.15) is 16.7 Å². The Bertz CT molecular complexity index is 1400. The summed E-state index contributed by atoms with van der Waals surface area (Å²) in [6.07, 6.45) is 0. The van der Waals surface area contributed by atoms with E-state index in [0.29, 0.717) is 10.5 Å². The molecule has 0 radical (unpaired) electrons. The monoisotopic (exact) mass is 446 g/mol. The number of fused-ring (bicyclic) bond motifs is 1. The van der Waals surface area contributed by atoms with Crippen LogP contribution in [0.25, 0.3) is 15.7 Å². The van der Waals surface area contributed by atoms with Gasteiger partial charge < -0.3 is 0 Å². The highest BCUT2D eigenvalue weighted by atomic mass is 32.2. The normalized spacial score (nSPS) is 13.3. The van der Waals surface area contributed by atoms with Crippen molar-refractivity contribution in [2.24, 2.45) is 0 Å². The molecule has 156 valence electrons. The van der Waals surface area contributed by atoms with Crippen molar-refractivity contribution in [1.82, 2.24) is 0 Å². The van der Waals surface area contributed by atoms with Crippen molar-refractivity contribution in [1.29, 1.82) is 0 Å². The highest BCUT2D eigenvalue weighted by molar-refractivity contribution is 7.99. The van der Waals surface area contributed by atoms with E-state index in [2.05, 4.69) is 0 Å². The van der Waals surface area contributed by atoms with Crippen molar-refractivity contribution in [3.05, 3.63) is 113 Å². The van der Waals surface area contributed by atoms with Gasteiger partial charge in [-0.25, -0.2) is 12.6 Å². The van der Waals surface area contributed by atoms with Gasteiger partial charge in [0.15, 0.2) is 0 Å². The minimum Gasteiger partial charge on any atom is -0.249 e. The Balaban J connectivity index is 1.89. The maximum Gasteiger partial charge on any atom is 0.201 e. The summed E-state index contributed by atoms with van der Waals surface area (Å²) in [6.45, 7) is 3.85. The van der Waals surface area contributed by atoms with E-state index in [1.54, 1.807) is 36.4 Å². The molecule has 0 spiro atoms. The fraction of sp³-hybridized carbons (Fsp3) is 0.0769. The summed E-state index contributed by atoms with van der Waals surface area (Å²) in [5.41, 5.74) is 2.64. The number of benzene rings is 4.